The summed E-state index contributed by atoms with van der Waals surface area (Å²) in [5.41, 5.74) is 0. The van der Waals surface area contributed by atoms with E-state index in [9.17, 15) is 3.10 Å². The fourth-order valence-corrected chi connectivity index (χ4v) is 8.60. The molecule has 214 valence electrons. The van der Waals surface area contributed by atoms with E-state index in [0.29, 0.717) is 0 Å². The molecule has 2 nitrogen and oxygen atoms in total. The van der Waals surface area contributed by atoms with E-state index in [1.165, 1.54) is 180 Å². The first-order valence-electron chi connectivity index (χ1n) is 16.2. The summed E-state index contributed by atoms with van der Waals surface area (Å²) in [6.45, 7) is 4.59. The average molecular weight is 612 g/mol. The van der Waals surface area contributed by atoms with Gasteiger partial charge in [-0.15, -0.1) is 0 Å². The molecular weight excluding hydrogens is 544 g/mol. The summed E-state index contributed by atoms with van der Waals surface area (Å²) in [4.78, 5) is 0. The van der Waals surface area contributed by atoms with Crippen LogP contribution in [0.2, 0.25) is 8.94 Å². The summed E-state index contributed by atoms with van der Waals surface area (Å²) in [7, 11) is 0. The Labute approximate surface area is 229 Å². The Morgan fingerprint density at radius 1 is 0.314 bits per heavy atom. The van der Waals surface area contributed by atoms with Crippen molar-refractivity contribution in [3.63, 3.8) is 0 Å². The maximum atomic E-state index is 12.3. The summed E-state index contributed by atoms with van der Waals surface area (Å²) in [5.74, 6) is 0. The van der Waals surface area contributed by atoms with Gasteiger partial charge in [-0.25, -0.2) is 0 Å². The van der Waals surface area contributed by atoms with Crippen molar-refractivity contribution in [3.05, 3.63) is 0 Å². The van der Waals surface area contributed by atoms with Crippen LogP contribution in [-0.2, 0) is 3.10 Å². The van der Waals surface area contributed by atoms with Crippen LogP contribution in [0.1, 0.15) is 194 Å². The molecule has 0 unspecified atom stereocenters. The van der Waals surface area contributed by atoms with Gasteiger partial charge in [-0.05, 0) is 0 Å². The van der Waals surface area contributed by atoms with E-state index >= 15 is 0 Å². The molecule has 0 heterocycles. The molecule has 0 aliphatic heterocycles. The van der Waals surface area contributed by atoms with Gasteiger partial charge in [0.2, 0.25) is 0 Å². The van der Waals surface area contributed by atoms with Gasteiger partial charge in [0.25, 0.3) is 0 Å². The molecule has 0 spiro atoms. The predicted molar refractivity (Wildman–Crippen MR) is 160 cm³/mol. The van der Waals surface area contributed by atoms with Gasteiger partial charge in [0.05, 0.1) is 0 Å². The molecule has 0 aromatic heterocycles. The van der Waals surface area contributed by atoms with Gasteiger partial charge >= 0.3 is 173 Å². The van der Waals surface area contributed by atoms with Crippen molar-refractivity contribution in [2.24, 2.45) is 0 Å². The van der Waals surface area contributed by atoms with Crippen LogP contribution in [0, 0.1) is 0 Å². The first kappa shape index (κ1) is 37.7. The van der Waals surface area contributed by atoms with Crippen LogP contribution < -0.4 is 0 Å². The van der Waals surface area contributed by atoms with Crippen LogP contribution in [0.3, 0.4) is 0 Å². The van der Waals surface area contributed by atoms with Crippen LogP contribution in [0.5, 0.6) is 0 Å². The van der Waals surface area contributed by atoms with E-state index in [1.54, 1.807) is 0 Å². The zero-order valence-corrected chi connectivity index (χ0v) is 26.9. The molecule has 0 atom stereocenters. The minimum atomic E-state index is -1.93. The predicted octanol–water partition coefficient (Wildman–Crippen LogP) is 11.5. The zero-order valence-electron chi connectivity index (χ0n) is 24.5. The Balaban J connectivity index is 0. The molecule has 0 aliphatic rings. The number of unbranched alkanes of at least 4 members (excludes halogenated alkanes) is 26. The third kappa shape index (κ3) is 34.5. The molecule has 3 heteroatoms. The number of rotatable bonds is 30. The van der Waals surface area contributed by atoms with Crippen molar-refractivity contribution in [2.75, 3.05) is 0 Å². The Morgan fingerprint density at radius 3 is 0.686 bits per heavy atom. The third-order valence-electron chi connectivity index (χ3n) is 7.45. The van der Waals surface area contributed by atoms with Crippen molar-refractivity contribution < 1.29 is 8.58 Å². The van der Waals surface area contributed by atoms with E-state index in [-0.39, 0.29) is 5.48 Å². The molecule has 0 rings (SSSR count). The second kappa shape index (κ2) is 34.5. The van der Waals surface area contributed by atoms with Crippen molar-refractivity contribution in [2.45, 2.75) is 203 Å². The molecule has 0 radical (unpaired) electrons. The van der Waals surface area contributed by atoms with Gasteiger partial charge in [-0.3, -0.25) is 0 Å². The molecular formula is C32H68O2Te. The standard InChI is InChI=1S/C32H66OTe.H2O/c1-3-5-7-9-11-13-15-17-19-21-23-25-27-29-31-34(33)32-30-28-26-24-22-20-18-16-14-12-10-8-6-4-2;/h3-32H2,1-2H3;1H2. The Morgan fingerprint density at radius 2 is 0.486 bits per heavy atom. The Bertz CT molecular complexity index is 352. The zero-order chi connectivity index (χ0) is 24.8. The van der Waals surface area contributed by atoms with Crippen LogP contribution in [0.4, 0.5) is 0 Å². The van der Waals surface area contributed by atoms with Gasteiger partial charge in [0, 0.05) is 0 Å². The van der Waals surface area contributed by atoms with Gasteiger partial charge in [0.15, 0.2) is 0 Å². The minimum Gasteiger partial charge on any atom is -0.412 e. The maximum absolute atomic E-state index is 12.3. The normalized spacial score (nSPS) is 11.3. The average Bonchev–Trinajstić information content (AvgIpc) is 2.84. The second-order valence-corrected chi connectivity index (χ2v) is 15.9. The molecule has 0 amide bonds. The summed E-state index contributed by atoms with van der Waals surface area (Å²) in [6, 6.07) is 0. The summed E-state index contributed by atoms with van der Waals surface area (Å²) in [5, 5.41) is 0. The van der Waals surface area contributed by atoms with Crippen molar-refractivity contribution in [1.29, 1.82) is 0 Å². The van der Waals surface area contributed by atoms with Crippen LogP contribution in [-0.4, -0.2) is 25.0 Å². The molecule has 0 saturated carbocycles. The Hall–Kier alpha value is 0.550. The fourth-order valence-electron chi connectivity index (χ4n) is 5.02. The van der Waals surface area contributed by atoms with Gasteiger partial charge < -0.3 is 5.48 Å². The van der Waals surface area contributed by atoms with E-state index in [2.05, 4.69) is 13.8 Å². The fraction of sp³-hybridized carbons (Fsp3) is 1.00. The molecule has 0 aromatic carbocycles. The Kier molecular flexibility index (Phi) is 37.2. The topological polar surface area (TPSA) is 48.6 Å². The van der Waals surface area contributed by atoms with E-state index < -0.39 is 19.5 Å². The first-order valence-corrected chi connectivity index (χ1v) is 20.4. The molecule has 2 N–H and O–H groups in total. The van der Waals surface area contributed by atoms with E-state index in [0.717, 1.165) is 8.94 Å². The minimum absolute atomic E-state index is 0. The summed E-state index contributed by atoms with van der Waals surface area (Å²) >= 11 is -1.93. The molecule has 0 aliphatic carbocycles. The van der Waals surface area contributed by atoms with E-state index in [1.807, 2.05) is 0 Å². The third-order valence-corrected chi connectivity index (χ3v) is 11.7. The molecule has 0 saturated heterocycles. The van der Waals surface area contributed by atoms with Crippen molar-refractivity contribution in [1.82, 2.24) is 0 Å². The number of hydrogen-bond acceptors (Lipinski definition) is 1. The summed E-state index contributed by atoms with van der Waals surface area (Å²) < 4.78 is 14.5. The van der Waals surface area contributed by atoms with Gasteiger partial charge in [0.1, 0.15) is 0 Å². The quantitative estimate of drug-likeness (QED) is 0.0588. The number of hydrogen-bond donors (Lipinski definition) is 0. The van der Waals surface area contributed by atoms with E-state index in [4.69, 9.17) is 0 Å². The molecule has 0 fully saturated rings. The van der Waals surface area contributed by atoms with Gasteiger partial charge in [-0.2, -0.15) is 0 Å². The monoisotopic (exact) mass is 614 g/mol. The van der Waals surface area contributed by atoms with Crippen molar-refractivity contribution >= 4 is 19.5 Å². The van der Waals surface area contributed by atoms with Crippen LogP contribution in [0.25, 0.3) is 0 Å². The molecule has 0 aromatic rings. The summed E-state index contributed by atoms with van der Waals surface area (Å²) in [6.07, 6.45) is 39.5. The van der Waals surface area contributed by atoms with Crippen LogP contribution >= 0.6 is 0 Å². The van der Waals surface area contributed by atoms with Crippen molar-refractivity contribution in [3.8, 4) is 0 Å². The first-order chi connectivity index (χ1) is 16.8. The molecule has 35 heavy (non-hydrogen) atoms. The second-order valence-electron chi connectivity index (χ2n) is 11.0. The molecule has 0 bridgehead atoms. The van der Waals surface area contributed by atoms with Crippen LogP contribution in [0.15, 0.2) is 0 Å². The van der Waals surface area contributed by atoms with Gasteiger partial charge in [-0.1, -0.05) is 52.4 Å². The SMILES string of the molecule is CCCCCCCCCCCCCCCC[Te](=O)CCCCCCCCCCCCCCCC.O. The smallest absolute Gasteiger partial charge is 0.412 e.